The van der Waals surface area contributed by atoms with Crippen LogP contribution in [0.2, 0.25) is 0 Å². The van der Waals surface area contributed by atoms with Crippen molar-refractivity contribution in [1.82, 2.24) is 0 Å². The van der Waals surface area contributed by atoms with Crippen molar-refractivity contribution in [3.05, 3.63) is 48.2 Å². The van der Waals surface area contributed by atoms with E-state index < -0.39 is 0 Å². The number of aliphatic imine (C=N–C) groups is 1. The third kappa shape index (κ3) is 5.64. The average Bonchev–Trinajstić information content (AvgIpc) is 2.31. The molecule has 0 aliphatic carbocycles. The van der Waals surface area contributed by atoms with Crippen molar-refractivity contribution in [2.24, 2.45) is 4.99 Å². The average molecular weight is 259 g/mol. The molecule has 0 N–H and O–H groups in total. The highest BCUT2D eigenvalue weighted by Crippen LogP contribution is 2.31. The molecule has 1 atom stereocenters. The van der Waals surface area contributed by atoms with Gasteiger partial charge in [0.25, 0.3) is 0 Å². The van der Waals surface area contributed by atoms with E-state index in [1.165, 1.54) is 0 Å². The Labute approximate surface area is 118 Å². The summed E-state index contributed by atoms with van der Waals surface area (Å²) in [6, 6.07) is 0. The number of rotatable bonds is 7. The predicted octanol–water partition coefficient (Wildman–Crippen LogP) is 4.16. The van der Waals surface area contributed by atoms with E-state index in [1.807, 2.05) is 24.7 Å². The van der Waals surface area contributed by atoms with E-state index in [-0.39, 0.29) is 5.54 Å². The number of hydrogen-bond acceptors (Lipinski definition) is 1. The van der Waals surface area contributed by atoms with E-state index in [9.17, 15) is 0 Å². The molecule has 0 amide bonds. The standard InChI is InChI=1S/C17H27N2/c1-9-11-18-17(6,10-2)16(13-19(7)8)15(5)12-14(3)4/h9,11-13H,1,3,7,10H2,2,4-6,8H3/q+1/b15-12+,16-13+,18-11?. The molecular weight excluding hydrogens is 232 g/mol. The highest BCUT2D eigenvalue weighted by Gasteiger charge is 2.28. The highest BCUT2D eigenvalue weighted by molar-refractivity contribution is 5.71. The molecule has 0 radical (unpaired) electrons. The minimum absolute atomic E-state index is 0.282. The predicted molar refractivity (Wildman–Crippen MR) is 87.3 cm³/mol. The van der Waals surface area contributed by atoms with Gasteiger partial charge in [-0.05, 0) is 32.8 Å². The van der Waals surface area contributed by atoms with Gasteiger partial charge in [0.1, 0.15) is 13.8 Å². The van der Waals surface area contributed by atoms with E-state index in [1.54, 1.807) is 12.3 Å². The van der Waals surface area contributed by atoms with Gasteiger partial charge < -0.3 is 0 Å². The lowest BCUT2D eigenvalue weighted by Crippen LogP contribution is -2.26. The topological polar surface area (TPSA) is 15.4 Å². The van der Waals surface area contributed by atoms with E-state index in [2.05, 4.69) is 51.7 Å². The molecule has 1 unspecified atom stereocenters. The first-order valence-electron chi connectivity index (χ1n) is 6.53. The van der Waals surface area contributed by atoms with E-state index >= 15 is 0 Å². The monoisotopic (exact) mass is 259 g/mol. The van der Waals surface area contributed by atoms with Gasteiger partial charge in [0, 0.05) is 11.8 Å². The maximum Gasteiger partial charge on any atom is 0.173 e. The van der Waals surface area contributed by atoms with Gasteiger partial charge in [0.15, 0.2) is 6.20 Å². The van der Waals surface area contributed by atoms with Crippen LogP contribution in [0.5, 0.6) is 0 Å². The second-order valence-electron chi connectivity index (χ2n) is 5.11. The minimum Gasteiger partial charge on any atom is -0.282 e. The summed E-state index contributed by atoms with van der Waals surface area (Å²) in [5, 5.41) is 0. The summed E-state index contributed by atoms with van der Waals surface area (Å²) in [7, 11) is 1.92. The van der Waals surface area contributed by atoms with Crippen molar-refractivity contribution in [2.45, 2.75) is 39.7 Å². The van der Waals surface area contributed by atoms with Crippen LogP contribution in [0.3, 0.4) is 0 Å². The van der Waals surface area contributed by atoms with Gasteiger partial charge >= 0.3 is 0 Å². The van der Waals surface area contributed by atoms with Crippen molar-refractivity contribution < 1.29 is 4.58 Å². The Morgan fingerprint density at radius 3 is 2.32 bits per heavy atom. The van der Waals surface area contributed by atoms with Crippen molar-refractivity contribution in [2.75, 3.05) is 7.05 Å². The van der Waals surface area contributed by atoms with Crippen LogP contribution in [0.15, 0.2) is 53.2 Å². The lowest BCUT2D eigenvalue weighted by Gasteiger charge is -2.26. The molecule has 0 saturated carbocycles. The molecule has 0 rings (SSSR count). The molecule has 0 aliphatic heterocycles. The second kappa shape index (κ2) is 7.67. The third-order valence-corrected chi connectivity index (χ3v) is 2.97. The Morgan fingerprint density at radius 1 is 1.37 bits per heavy atom. The van der Waals surface area contributed by atoms with Gasteiger partial charge in [-0.3, -0.25) is 4.99 Å². The van der Waals surface area contributed by atoms with E-state index in [4.69, 9.17) is 0 Å². The summed E-state index contributed by atoms with van der Waals surface area (Å²) in [5.74, 6) is 0. The fourth-order valence-electron chi connectivity index (χ4n) is 1.90. The van der Waals surface area contributed by atoms with Gasteiger partial charge in [-0.2, -0.15) is 0 Å². The Hall–Kier alpha value is -1.70. The maximum atomic E-state index is 4.64. The zero-order chi connectivity index (χ0) is 15.1. The van der Waals surface area contributed by atoms with Gasteiger partial charge in [-0.15, -0.1) is 0 Å². The molecule has 19 heavy (non-hydrogen) atoms. The molecule has 0 aromatic rings. The van der Waals surface area contributed by atoms with Crippen LogP contribution in [0.1, 0.15) is 34.1 Å². The molecule has 104 valence electrons. The molecule has 0 aromatic carbocycles. The molecule has 0 aromatic heterocycles. The summed E-state index contributed by atoms with van der Waals surface area (Å²) in [4.78, 5) is 4.64. The first-order valence-corrected chi connectivity index (χ1v) is 6.53. The van der Waals surface area contributed by atoms with Gasteiger partial charge in [0.05, 0.1) is 5.54 Å². The number of allylic oxidation sites excluding steroid dienone is 3. The zero-order valence-corrected chi connectivity index (χ0v) is 13.0. The Morgan fingerprint density at radius 2 is 1.95 bits per heavy atom. The fraction of sp³-hybridized carbons (Fsp3) is 0.412. The summed E-state index contributed by atoms with van der Waals surface area (Å²) >= 11 is 0. The third-order valence-electron chi connectivity index (χ3n) is 2.97. The largest absolute Gasteiger partial charge is 0.282 e. The van der Waals surface area contributed by atoms with Crippen LogP contribution in [0.25, 0.3) is 0 Å². The maximum absolute atomic E-state index is 4.64. The smallest absolute Gasteiger partial charge is 0.173 e. The van der Waals surface area contributed by atoms with Crippen LogP contribution in [0, 0.1) is 0 Å². The first-order chi connectivity index (χ1) is 8.76. The Balaban J connectivity index is 5.85. The normalized spacial score (nSPS) is 16.3. The van der Waals surface area contributed by atoms with Gasteiger partial charge in [0.2, 0.25) is 0 Å². The Kier molecular flexibility index (Phi) is 6.99. The van der Waals surface area contributed by atoms with Crippen molar-refractivity contribution in [1.29, 1.82) is 0 Å². The summed E-state index contributed by atoms with van der Waals surface area (Å²) < 4.78 is 1.81. The fourth-order valence-corrected chi connectivity index (χ4v) is 1.90. The molecule has 0 fully saturated rings. The molecule has 0 bridgehead atoms. The highest BCUT2D eigenvalue weighted by atomic mass is 14.9. The van der Waals surface area contributed by atoms with Crippen molar-refractivity contribution >= 4 is 12.9 Å². The van der Waals surface area contributed by atoms with Crippen LogP contribution >= 0.6 is 0 Å². The molecular formula is C17H27N2+. The molecule has 0 aliphatic rings. The number of hydrogen-bond donors (Lipinski definition) is 0. The molecule has 2 nitrogen and oxygen atoms in total. The summed E-state index contributed by atoms with van der Waals surface area (Å²) in [5.41, 5.74) is 3.05. The van der Waals surface area contributed by atoms with Gasteiger partial charge in [-0.25, -0.2) is 4.58 Å². The summed E-state index contributed by atoms with van der Waals surface area (Å²) in [6.07, 6.45) is 8.47. The minimum atomic E-state index is -0.282. The van der Waals surface area contributed by atoms with E-state index in [0.717, 1.165) is 23.1 Å². The van der Waals surface area contributed by atoms with Crippen LogP contribution < -0.4 is 0 Å². The molecule has 0 heterocycles. The zero-order valence-electron chi connectivity index (χ0n) is 13.0. The van der Waals surface area contributed by atoms with Crippen LogP contribution in [-0.2, 0) is 0 Å². The SMILES string of the molecule is C=CC=NC(C)(CC)C(=C/[N+](=C)C)/C(C)=C/C(=C)C. The van der Waals surface area contributed by atoms with Crippen LogP contribution in [0.4, 0.5) is 0 Å². The number of nitrogens with zero attached hydrogens (tertiary/aromatic N) is 2. The quantitative estimate of drug-likeness (QED) is 0.370. The lowest BCUT2D eigenvalue weighted by molar-refractivity contribution is -0.413. The lowest BCUT2D eigenvalue weighted by atomic mass is 9.85. The first kappa shape index (κ1) is 17.3. The second-order valence-corrected chi connectivity index (χ2v) is 5.11. The molecule has 0 spiro atoms. The van der Waals surface area contributed by atoms with Crippen molar-refractivity contribution in [3.8, 4) is 0 Å². The van der Waals surface area contributed by atoms with Crippen molar-refractivity contribution in [3.63, 3.8) is 0 Å². The molecule has 2 heteroatoms. The summed E-state index contributed by atoms with van der Waals surface area (Å²) in [6.45, 7) is 19.9. The molecule has 0 saturated heterocycles. The van der Waals surface area contributed by atoms with Gasteiger partial charge in [-0.1, -0.05) is 37.8 Å². The van der Waals surface area contributed by atoms with E-state index in [0.29, 0.717) is 0 Å². The Bertz CT molecular complexity index is 450. The van der Waals surface area contributed by atoms with Crippen LogP contribution in [-0.4, -0.2) is 30.1 Å².